The van der Waals surface area contributed by atoms with Crippen LogP contribution >= 0.6 is 0 Å². The average Bonchev–Trinajstić information content (AvgIpc) is 2.47. The van der Waals surface area contributed by atoms with E-state index in [9.17, 15) is 0 Å². The van der Waals surface area contributed by atoms with E-state index in [0.717, 1.165) is 31.4 Å². The molecule has 1 aliphatic carbocycles. The highest BCUT2D eigenvalue weighted by molar-refractivity contribution is 5.28. The van der Waals surface area contributed by atoms with Gasteiger partial charge in [-0.2, -0.15) is 0 Å². The first kappa shape index (κ1) is 15.3. The van der Waals surface area contributed by atoms with Crippen molar-refractivity contribution in [2.24, 2.45) is 5.92 Å². The summed E-state index contributed by atoms with van der Waals surface area (Å²) in [5.74, 6) is 1.88. The lowest BCUT2D eigenvalue weighted by atomic mass is 9.89. The van der Waals surface area contributed by atoms with Crippen molar-refractivity contribution in [1.82, 2.24) is 5.32 Å². The van der Waals surface area contributed by atoms with Gasteiger partial charge in [0.2, 0.25) is 0 Å². The number of rotatable bonds is 7. The molecule has 0 spiro atoms. The predicted octanol–water partition coefficient (Wildman–Crippen LogP) is 3.38. The Morgan fingerprint density at radius 2 is 2.00 bits per heavy atom. The highest BCUT2D eigenvalue weighted by Crippen LogP contribution is 2.27. The summed E-state index contributed by atoms with van der Waals surface area (Å²) in [6.45, 7) is 4.82. The van der Waals surface area contributed by atoms with Crippen molar-refractivity contribution in [3.8, 4) is 5.75 Å². The van der Waals surface area contributed by atoms with Gasteiger partial charge in [-0.05, 0) is 49.3 Å². The minimum absolute atomic E-state index is 0.405. The van der Waals surface area contributed by atoms with Crippen molar-refractivity contribution in [1.29, 1.82) is 0 Å². The van der Waals surface area contributed by atoms with Gasteiger partial charge in [-0.25, -0.2) is 0 Å². The molecule has 3 heteroatoms. The summed E-state index contributed by atoms with van der Waals surface area (Å²) in [5.41, 5.74) is 1.27. The van der Waals surface area contributed by atoms with Crippen LogP contribution in [-0.2, 0) is 11.3 Å². The second-order valence-corrected chi connectivity index (χ2v) is 5.82. The molecule has 0 saturated heterocycles. The number of methoxy groups -OCH3 is 1. The molecule has 112 valence electrons. The molecule has 0 aliphatic heterocycles. The van der Waals surface area contributed by atoms with Crippen LogP contribution in [0.3, 0.4) is 0 Å². The van der Waals surface area contributed by atoms with Crippen molar-refractivity contribution in [2.45, 2.75) is 45.3 Å². The normalized spacial score (nSPS) is 22.7. The molecule has 1 N–H and O–H groups in total. The zero-order valence-electron chi connectivity index (χ0n) is 12.7. The first-order chi connectivity index (χ1) is 9.78. The summed E-state index contributed by atoms with van der Waals surface area (Å²) in [6.07, 6.45) is 5.38. The zero-order valence-corrected chi connectivity index (χ0v) is 12.7. The molecule has 0 bridgehead atoms. The van der Waals surface area contributed by atoms with Crippen LogP contribution in [0.5, 0.6) is 5.75 Å². The maximum absolute atomic E-state index is 6.12. The Bertz CT molecular complexity index is 386. The van der Waals surface area contributed by atoms with Crippen LogP contribution < -0.4 is 10.1 Å². The van der Waals surface area contributed by atoms with Gasteiger partial charge in [-0.1, -0.05) is 19.1 Å². The Kier molecular flexibility index (Phi) is 6.34. The monoisotopic (exact) mass is 277 g/mol. The lowest BCUT2D eigenvalue weighted by molar-refractivity contribution is 0.135. The molecule has 1 saturated carbocycles. The van der Waals surface area contributed by atoms with Gasteiger partial charge < -0.3 is 14.8 Å². The summed E-state index contributed by atoms with van der Waals surface area (Å²) in [5, 5.41) is 3.36. The quantitative estimate of drug-likeness (QED) is 0.775. The van der Waals surface area contributed by atoms with Gasteiger partial charge in [0.05, 0.1) is 12.7 Å². The molecule has 0 unspecified atom stereocenters. The van der Waals surface area contributed by atoms with Crippen molar-refractivity contribution in [3.05, 3.63) is 29.8 Å². The molecule has 1 aromatic carbocycles. The Balaban J connectivity index is 1.79. The van der Waals surface area contributed by atoms with E-state index in [4.69, 9.17) is 9.47 Å². The van der Waals surface area contributed by atoms with E-state index in [1.54, 1.807) is 7.11 Å². The summed E-state index contributed by atoms with van der Waals surface area (Å²) < 4.78 is 11.1. The van der Waals surface area contributed by atoms with Gasteiger partial charge in [-0.15, -0.1) is 0 Å². The first-order valence-corrected chi connectivity index (χ1v) is 7.73. The average molecular weight is 277 g/mol. The number of nitrogens with one attached hydrogen (secondary N) is 1. The Labute approximate surface area is 122 Å². The molecule has 0 atom stereocenters. The molecular formula is C17H27NO2. The van der Waals surface area contributed by atoms with Gasteiger partial charge in [0.25, 0.3) is 0 Å². The Morgan fingerprint density at radius 3 is 2.75 bits per heavy atom. The third-order valence-electron chi connectivity index (χ3n) is 3.98. The first-order valence-electron chi connectivity index (χ1n) is 7.73. The highest BCUT2D eigenvalue weighted by atomic mass is 16.5. The smallest absolute Gasteiger partial charge is 0.120 e. The molecule has 2 rings (SSSR count). The van der Waals surface area contributed by atoms with Crippen molar-refractivity contribution in [2.75, 3.05) is 20.3 Å². The number of benzene rings is 1. The van der Waals surface area contributed by atoms with Gasteiger partial charge in [-0.3, -0.25) is 0 Å². The van der Waals surface area contributed by atoms with Crippen LogP contribution in [0.15, 0.2) is 24.3 Å². The predicted molar refractivity (Wildman–Crippen MR) is 82.1 cm³/mol. The van der Waals surface area contributed by atoms with Gasteiger partial charge in [0.1, 0.15) is 5.75 Å². The molecule has 0 aromatic heterocycles. The third-order valence-corrected chi connectivity index (χ3v) is 3.98. The van der Waals surface area contributed by atoms with Gasteiger partial charge >= 0.3 is 0 Å². The SMILES string of the molecule is COCCNCc1cccc(OC2CCC(C)CC2)c1. The van der Waals surface area contributed by atoms with Crippen LogP contribution in [-0.4, -0.2) is 26.4 Å². The maximum atomic E-state index is 6.12. The minimum atomic E-state index is 0.405. The topological polar surface area (TPSA) is 30.5 Å². The van der Waals surface area contributed by atoms with E-state index in [1.807, 2.05) is 0 Å². The lowest BCUT2D eigenvalue weighted by Crippen LogP contribution is -2.23. The lowest BCUT2D eigenvalue weighted by Gasteiger charge is -2.27. The molecule has 0 radical (unpaired) electrons. The number of ether oxygens (including phenoxy) is 2. The molecule has 3 nitrogen and oxygen atoms in total. The van der Waals surface area contributed by atoms with E-state index < -0.39 is 0 Å². The largest absolute Gasteiger partial charge is 0.490 e. The second-order valence-electron chi connectivity index (χ2n) is 5.82. The molecular weight excluding hydrogens is 250 g/mol. The standard InChI is InChI=1S/C17H27NO2/c1-14-6-8-16(9-7-14)20-17-5-3-4-15(12-17)13-18-10-11-19-2/h3-5,12,14,16,18H,6-11,13H2,1-2H3. The number of hydrogen-bond acceptors (Lipinski definition) is 3. The van der Waals surface area contributed by atoms with Crippen LogP contribution in [0, 0.1) is 5.92 Å². The van der Waals surface area contributed by atoms with Crippen LogP contribution in [0.1, 0.15) is 38.2 Å². The Morgan fingerprint density at radius 1 is 1.20 bits per heavy atom. The fourth-order valence-electron chi connectivity index (χ4n) is 2.68. The minimum Gasteiger partial charge on any atom is -0.490 e. The fraction of sp³-hybridized carbons (Fsp3) is 0.647. The van der Waals surface area contributed by atoms with E-state index in [1.165, 1.54) is 31.2 Å². The van der Waals surface area contributed by atoms with Crippen LogP contribution in [0.4, 0.5) is 0 Å². The van der Waals surface area contributed by atoms with E-state index >= 15 is 0 Å². The zero-order chi connectivity index (χ0) is 14.2. The molecule has 20 heavy (non-hydrogen) atoms. The number of hydrogen-bond donors (Lipinski definition) is 1. The summed E-state index contributed by atoms with van der Waals surface area (Å²) in [6, 6.07) is 8.43. The second kappa shape index (κ2) is 8.28. The molecule has 1 fully saturated rings. The van der Waals surface area contributed by atoms with Gasteiger partial charge in [0.15, 0.2) is 0 Å². The summed E-state index contributed by atoms with van der Waals surface area (Å²) >= 11 is 0. The third kappa shape index (κ3) is 5.14. The van der Waals surface area contributed by atoms with E-state index in [-0.39, 0.29) is 0 Å². The van der Waals surface area contributed by atoms with Crippen molar-refractivity contribution < 1.29 is 9.47 Å². The summed E-state index contributed by atoms with van der Waals surface area (Å²) in [4.78, 5) is 0. The fourth-order valence-corrected chi connectivity index (χ4v) is 2.68. The van der Waals surface area contributed by atoms with Crippen LogP contribution in [0.2, 0.25) is 0 Å². The Hall–Kier alpha value is -1.06. The van der Waals surface area contributed by atoms with E-state index in [2.05, 4.69) is 36.5 Å². The van der Waals surface area contributed by atoms with Crippen LogP contribution in [0.25, 0.3) is 0 Å². The van der Waals surface area contributed by atoms with Crippen molar-refractivity contribution >= 4 is 0 Å². The highest BCUT2D eigenvalue weighted by Gasteiger charge is 2.19. The molecule has 1 aromatic rings. The molecule has 0 amide bonds. The molecule has 0 heterocycles. The maximum Gasteiger partial charge on any atom is 0.120 e. The molecule has 1 aliphatic rings. The van der Waals surface area contributed by atoms with E-state index in [0.29, 0.717) is 6.10 Å². The van der Waals surface area contributed by atoms with Crippen molar-refractivity contribution in [3.63, 3.8) is 0 Å². The summed E-state index contributed by atoms with van der Waals surface area (Å²) in [7, 11) is 1.72. The van der Waals surface area contributed by atoms with Gasteiger partial charge in [0, 0.05) is 20.2 Å².